The predicted octanol–water partition coefficient (Wildman–Crippen LogP) is 1.10. The van der Waals surface area contributed by atoms with Gasteiger partial charge in [0, 0.05) is 19.0 Å². The summed E-state index contributed by atoms with van der Waals surface area (Å²) in [5.41, 5.74) is 0. The molecule has 0 bridgehead atoms. The smallest absolute Gasteiger partial charge is 0.245 e. The van der Waals surface area contributed by atoms with E-state index in [0.29, 0.717) is 13.1 Å². The molecule has 1 unspecified atom stereocenters. The summed E-state index contributed by atoms with van der Waals surface area (Å²) < 4.78 is 0. The lowest BCUT2D eigenvalue weighted by molar-refractivity contribution is -0.135. The molecule has 1 aliphatic rings. The second-order valence-electron chi connectivity index (χ2n) is 4.33. The second-order valence-corrected chi connectivity index (χ2v) is 4.33. The lowest BCUT2D eigenvalue weighted by Crippen LogP contribution is -2.47. The summed E-state index contributed by atoms with van der Waals surface area (Å²) in [6.45, 7) is 9.86. The molecule has 0 aromatic rings. The van der Waals surface area contributed by atoms with Crippen molar-refractivity contribution in [2.24, 2.45) is 5.92 Å². The van der Waals surface area contributed by atoms with Gasteiger partial charge in [-0.25, -0.2) is 0 Å². The SMILES string of the molecule is C=CCN(CC=C)C(=O)C(C)NC(=O)C1CC1. The molecule has 0 aromatic heterocycles. The van der Waals surface area contributed by atoms with Crippen LogP contribution in [0.3, 0.4) is 0 Å². The van der Waals surface area contributed by atoms with Crippen LogP contribution >= 0.6 is 0 Å². The van der Waals surface area contributed by atoms with Crippen molar-refractivity contribution in [2.45, 2.75) is 25.8 Å². The maximum Gasteiger partial charge on any atom is 0.245 e. The molecule has 0 radical (unpaired) electrons. The minimum atomic E-state index is -0.483. The number of rotatable bonds is 7. The summed E-state index contributed by atoms with van der Waals surface area (Å²) in [4.78, 5) is 25.2. The van der Waals surface area contributed by atoms with Crippen LogP contribution in [0.1, 0.15) is 19.8 Å². The van der Waals surface area contributed by atoms with E-state index in [1.165, 1.54) is 0 Å². The molecular formula is C13H20N2O2. The van der Waals surface area contributed by atoms with Gasteiger partial charge in [-0.3, -0.25) is 9.59 Å². The van der Waals surface area contributed by atoms with Crippen LogP contribution in [-0.4, -0.2) is 35.8 Å². The first-order valence-electron chi connectivity index (χ1n) is 5.91. The van der Waals surface area contributed by atoms with Gasteiger partial charge in [-0.2, -0.15) is 0 Å². The van der Waals surface area contributed by atoms with Gasteiger partial charge in [0.1, 0.15) is 6.04 Å². The minimum Gasteiger partial charge on any atom is -0.344 e. The zero-order chi connectivity index (χ0) is 12.8. The van der Waals surface area contributed by atoms with Crippen LogP contribution in [-0.2, 0) is 9.59 Å². The fourth-order valence-electron chi connectivity index (χ4n) is 1.58. The van der Waals surface area contributed by atoms with Crippen LogP contribution in [0, 0.1) is 5.92 Å². The Labute approximate surface area is 102 Å². The number of nitrogens with zero attached hydrogens (tertiary/aromatic N) is 1. The van der Waals surface area contributed by atoms with E-state index in [4.69, 9.17) is 0 Å². The average molecular weight is 236 g/mol. The molecule has 1 rings (SSSR count). The van der Waals surface area contributed by atoms with Gasteiger partial charge in [-0.05, 0) is 19.8 Å². The molecule has 1 aliphatic carbocycles. The molecule has 1 fully saturated rings. The molecule has 0 aromatic carbocycles. The molecule has 4 nitrogen and oxygen atoms in total. The first-order valence-corrected chi connectivity index (χ1v) is 5.91. The van der Waals surface area contributed by atoms with Crippen LogP contribution < -0.4 is 5.32 Å². The third-order valence-corrected chi connectivity index (χ3v) is 2.69. The zero-order valence-corrected chi connectivity index (χ0v) is 10.3. The third-order valence-electron chi connectivity index (χ3n) is 2.69. The minimum absolute atomic E-state index is 0.0111. The molecule has 0 heterocycles. The fraction of sp³-hybridized carbons (Fsp3) is 0.538. The molecule has 1 saturated carbocycles. The standard InChI is InChI=1S/C13H20N2O2/c1-4-8-15(9-5-2)13(17)10(3)14-12(16)11-6-7-11/h4-5,10-11H,1-2,6-9H2,3H3,(H,14,16). The lowest BCUT2D eigenvalue weighted by Gasteiger charge is -2.23. The first-order chi connectivity index (χ1) is 8.10. The Bertz CT molecular complexity index is 311. The molecule has 17 heavy (non-hydrogen) atoms. The molecule has 4 heteroatoms. The molecule has 0 aliphatic heterocycles. The summed E-state index contributed by atoms with van der Waals surface area (Å²) in [6, 6.07) is -0.483. The maximum absolute atomic E-state index is 12.0. The number of hydrogen-bond acceptors (Lipinski definition) is 2. The Morgan fingerprint density at radius 2 is 1.88 bits per heavy atom. The molecule has 1 N–H and O–H groups in total. The van der Waals surface area contributed by atoms with Crippen molar-refractivity contribution in [3.63, 3.8) is 0 Å². The number of carbonyl (C=O) groups is 2. The number of hydrogen-bond donors (Lipinski definition) is 1. The number of nitrogens with one attached hydrogen (secondary N) is 1. The highest BCUT2D eigenvalue weighted by molar-refractivity contribution is 5.89. The average Bonchev–Trinajstić information content (AvgIpc) is 3.11. The van der Waals surface area contributed by atoms with Crippen molar-refractivity contribution in [3.8, 4) is 0 Å². The Morgan fingerprint density at radius 3 is 2.29 bits per heavy atom. The largest absolute Gasteiger partial charge is 0.344 e. The predicted molar refractivity (Wildman–Crippen MR) is 67.3 cm³/mol. The highest BCUT2D eigenvalue weighted by Crippen LogP contribution is 2.28. The van der Waals surface area contributed by atoms with Gasteiger partial charge < -0.3 is 10.2 Å². The van der Waals surface area contributed by atoms with E-state index in [0.717, 1.165) is 12.8 Å². The Hall–Kier alpha value is -1.58. The van der Waals surface area contributed by atoms with E-state index < -0.39 is 6.04 Å². The van der Waals surface area contributed by atoms with Crippen LogP contribution in [0.4, 0.5) is 0 Å². The molecule has 94 valence electrons. The third kappa shape index (κ3) is 4.06. The van der Waals surface area contributed by atoms with Crippen molar-refractivity contribution in [2.75, 3.05) is 13.1 Å². The van der Waals surface area contributed by atoms with Crippen LogP contribution in [0.25, 0.3) is 0 Å². The molecule has 2 amide bonds. The van der Waals surface area contributed by atoms with E-state index in [-0.39, 0.29) is 17.7 Å². The van der Waals surface area contributed by atoms with Gasteiger partial charge in [-0.15, -0.1) is 13.2 Å². The van der Waals surface area contributed by atoms with E-state index in [2.05, 4.69) is 18.5 Å². The molecule has 0 saturated heterocycles. The van der Waals surface area contributed by atoms with Gasteiger partial charge in [0.15, 0.2) is 0 Å². The highest BCUT2D eigenvalue weighted by atomic mass is 16.2. The van der Waals surface area contributed by atoms with Gasteiger partial charge in [0.05, 0.1) is 0 Å². The van der Waals surface area contributed by atoms with Gasteiger partial charge >= 0.3 is 0 Å². The Morgan fingerprint density at radius 1 is 1.35 bits per heavy atom. The van der Waals surface area contributed by atoms with Gasteiger partial charge in [0.2, 0.25) is 11.8 Å². The van der Waals surface area contributed by atoms with Gasteiger partial charge in [-0.1, -0.05) is 12.2 Å². The van der Waals surface area contributed by atoms with Crippen molar-refractivity contribution in [1.82, 2.24) is 10.2 Å². The topological polar surface area (TPSA) is 49.4 Å². The Kier molecular flexibility index (Phi) is 4.94. The van der Waals surface area contributed by atoms with Crippen molar-refractivity contribution >= 4 is 11.8 Å². The fourth-order valence-corrected chi connectivity index (χ4v) is 1.58. The maximum atomic E-state index is 12.0. The molecule has 1 atom stereocenters. The van der Waals surface area contributed by atoms with E-state index >= 15 is 0 Å². The molecule has 0 spiro atoms. The lowest BCUT2D eigenvalue weighted by atomic mass is 10.2. The van der Waals surface area contributed by atoms with E-state index in [1.54, 1.807) is 24.0 Å². The zero-order valence-electron chi connectivity index (χ0n) is 10.3. The summed E-state index contributed by atoms with van der Waals surface area (Å²) in [7, 11) is 0. The Balaban J connectivity index is 2.48. The number of carbonyl (C=O) groups excluding carboxylic acids is 2. The summed E-state index contributed by atoms with van der Waals surface area (Å²) in [5, 5.41) is 2.74. The highest BCUT2D eigenvalue weighted by Gasteiger charge is 2.32. The van der Waals surface area contributed by atoms with E-state index in [1.807, 2.05) is 0 Å². The van der Waals surface area contributed by atoms with Crippen LogP contribution in [0.5, 0.6) is 0 Å². The normalized spacial score (nSPS) is 15.8. The number of amides is 2. The van der Waals surface area contributed by atoms with Gasteiger partial charge in [0.25, 0.3) is 0 Å². The van der Waals surface area contributed by atoms with Crippen molar-refractivity contribution in [3.05, 3.63) is 25.3 Å². The van der Waals surface area contributed by atoms with Crippen molar-refractivity contribution in [1.29, 1.82) is 0 Å². The van der Waals surface area contributed by atoms with Crippen LogP contribution in [0.2, 0.25) is 0 Å². The summed E-state index contributed by atoms with van der Waals surface area (Å²) in [6.07, 6.45) is 5.21. The van der Waals surface area contributed by atoms with Crippen LogP contribution in [0.15, 0.2) is 25.3 Å². The summed E-state index contributed by atoms with van der Waals surface area (Å²) >= 11 is 0. The van der Waals surface area contributed by atoms with Crippen molar-refractivity contribution < 1.29 is 9.59 Å². The quantitative estimate of drug-likeness (QED) is 0.673. The second kappa shape index (κ2) is 6.23. The van der Waals surface area contributed by atoms with E-state index in [9.17, 15) is 9.59 Å². The summed E-state index contributed by atoms with van der Waals surface area (Å²) in [5.74, 6) is 0.0133. The monoisotopic (exact) mass is 236 g/mol. The first kappa shape index (κ1) is 13.5. The molecular weight excluding hydrogens is 216 g/mol.